The number of hydrogen-bond acceptors (Lipinski definition) is 9. The molecule has 0 aromatic heterocycles. The van der Waals surface area contributed by atoms with E-state index in [0.717, 1.165) is 57.4 Å². The molecule has 2 saturated carbocycles. The van der Waals surface area contributed by atoms with Gasteiger partial charge in [-0.25, -0.2) is 19.2 Å². The number of nitrogens with one attached hydrogen (secondary N) is 4. The third-order valence-corrected chi connectivity index (χ3v) is 10.7. The fourth-order valence-electron chi connectivity index (χ4n) is 8.99. The molecule has 2 aliphatic carbocycles. The van der Waals surface area contributed by atoms with Crippen LogP contribution >= 0.6 is 0 Å². The summed E-state index contributed by atoms with van der Waals surface area (Å²) in [5.41, 5.74) is -0.585. The van der Waals surface area contributed by atoms with Gasteiger partial charge in [0, 0.05) is 37.7 Å². The first-order valence-corrected chi connectivity index (χ1v) is 20.1. The number of carbonyl (C=O) groups excluding carboxylic acids is 5. The number of rotatable bonds is 20. The van der Waals surface area contributed by atoms with Gasteiger partial charge in [0.15, 0.2) is 0 Å². The average molecular weight is 765 g/mol. The van der Waals surface area contributed by atoms with Crippen LogP contribution in [0.1, 0.15) is 139 Å². The highest BCUT2D eigenvalue weighted by Crippen LogP contribution is 2.49. The number of ether oxygens (including phenoxy) is 4. The van der Waals surface area contributed by atoms with Gasteiger partial charge < -0.3 is 40.2 Å². The normalized spacial score (nSPS) is 25.5. The van der Waals surface area contributed by atoms with Crippen LogP contribution in [-0.4, -0.2) is 81.3 Å². The van der Waals surface area contributed by atoms with Crippen molar-refractivity contribution in [2.75, 3.05) is 32.9 Å². The van der Waals surface area contributed by atoms with Crippen molar-refractivity contribution in [2.45, 2.75) is 158 Å². The summed E-state index contributed by atoms with van der Waals surface area (Å²) in [6.45, 7) is 23.2. The molecule has 0 aromatic carbocycles. The third-order valence-electron chi connectivity index (χ3n) is 10.7. The lowest BCUT2D eigenvalue weighted by Crippen LogP contribution is -2.52. The Balaban J connectivity index is 1.78. The molecule has 13 nitrogen and oxygen atoms in total. The maximum absolute atomic E-state index is 12.9. The number of esters is 2. The average Bonchev–Trinajstić information content (AvgIpc) is 3.05. The Bertz CT molecular complexity index is 1260. The Kier molecular flexibility index (Phi) is 18.6. The molecule has 2 fully saturated rings. The van der Waals surface area contributed by atoms with E-state index in [1.807, 2.05) is 0 Å². The third kappa shape index (κ3) is 18.2. The van der Waals surface area contributed by atoms with Crippen LogP contribution < -0.4 is 21.3 Å². The van der Waals surface area contributed by atoms with Gasteiger partial charge in [0.2, 0.25) is 0 Å². The molecule has 6 atom stereocenters. The second kappa shape index (κ2) is 21.5. The Labute approximate surface area is 324 Å². The molecule has 13 heteroatoms. The Hall–Kier alpha value is -3.51. The zero-order chi connectivity index (χ0) is 40.6. The summed E-state index contributed by atoms with van der Waals surface area (Å²) in [4.78, 5) is 62.0. The molecule has 0 bridgehead atoms. The highest BCUT2D eigenvalue weighted by atomic mass is 16.6. The van der Waals surface area contributed by atoms with Crippen LogP contribution in [0.2, 0.25) is 0 Å². The molecule has 0 spiro atoms. The van der Waals surface area contributed by atoms with E-state index in [1.54, 1.807) is 6.92 Å². The second-order valence-electron chi connectivity index (χ2n) is 18.2. The SMILES string of the molecule is C=CC(=O)OCCOC(=O)CCC1(C)CC(NC(=O)OC(C)COC(=O)NCC2(C)CC(NC(=O)NCC(CC)CCCC)CC(C)(C)C2)CC(C)(C)C1. The fourth-order valence-corrected chi connectivity index (χ4v) is 8.99. The van der Waals surface area contributed by atoms with Crippen LogP contribution in [0.4, 0.5) is 14.4 Å². The molecule has 2 aliphatic rings. The lowest BCUT2D eigenvalue weighted by molar-refractivity contribution is -0.150. The number of hydrogen-bond donors (Lipinski definition) is 4. The maximum Gasteiger partial charge on any atom is 0.407 e. The van der Waals surface area contributed by atoms with Gasteiger partial charge >= 0.3 is 30.2 Å². The number of carbonyl (C=O) groups is 5. The van der Waals surface area contributed by atoms with Crippen LogP contribution in [0.5, 0.6) is 0 Å². The van der Waals surface area contributed by atoms with E-state index in [4.69, 9.17) is 18.9 Å². The number of amides is 4. The summed E-state index contributed by atoms with van der Waals surface area (Å²) in [7, 11) is 0. The van der Waals surface area contributed by atoms with Gasteiger partial charge in [-0.1, -0.05) is 81.2 Å². The minimum absolute atomic E-state index is 0.0176. The van der Waals surface area contributed by atoms with Crippen LogP contribution in [0.15, 0.2) is 12.7 Å². The van der Waals surface area contributed by atoms with E-state index in [2.05, 4.69) is 83.2 Å². The Morgan fingerprint density at radius 2 is 1.41 bits per heavy atom. The lowest BCUT2D eigenvalue weighted by atomic mass is 9.61. The van der Waals surface area contributed by atoms with Gasteiger partial charge in [-0.15, -0.1) is 0 Å². The summed E-state index contributed by atoms with van der Waals surface area (Å²) >= 11 is 0. The molecule has 0 aromatic rings. The molecular formula is C41H72N4O9. The summed E-state index contributed by atoms with van der Waals surface area (Å²) in [5.74, 6) is -0.457. The van der Waals surface area contributed by atoms with Crippen molar-refractivity contribution in [3.05, 3.63) is 12.7 Å². The van der Waals surface area contributed by atoms with Gasteiger partial charge in [-0.05, 0) is 85.9 Å². The predicted molar refractivity (Wildman–Crippen MR) is 209 cm³/mol. The quantitative estimate of drug-likeness (QED) is 0.0423. The maximum atomic E-state index is 12.9. The topological polar surface area (TPSA) is 170 Å². The van der Waals surface area contributed by atoms with Crippen molar-refractivity contribution in [3.63, 3.8) is 0 Å². The van der Waals surface area contributed by atoms with E-state index in [9.17, 15) is 24.0 Å². The van der Waals surface area contributed by atoms with E-state index in [1.165, 1.54) is 6.42 Å². The molecule has 2 rings (SSSR count). The monoisotopic (exact) mass is 765 g/mol. The van der Waals surface area contributed by atoms with Crippen molar-refractivity contribution in [3.8, 4) is 0 Å². The number of urea groups is 1. The summed E-state index contributed by atoms with van der Waals surface area (Å²) in [6, 6.07) is -0.321. The smallest absolute Gasteiger partial charge is 0.407 e. The molecule has 54 heavy (non-hydrogen) atoms. The standard InChI is InChI=1S/C41H72N4O9/c1-11-14-15-30(12-2)24-42-35(48)44-31-20-39(7,8)27-41(10,23-31)28-43-36(49)53-25-29(4)54-37(50)45-32-21-38(5,6)26-40(9,22-32)17-16-34(47)52-19-18-51-33(46)13-3/h13,29-32H,3,11-12,14-28H2,1-2,4-10H3,(H,43,49)(H,45,50)(H2,42,44,48). The largest absolute Gasteiger partial charge is 0.462 e. The molecule has 0 radical (unpaired) electrons. The van der Waals surface area contributed by atoms with Crippen LogP contribution in [0.25, 0.3) is 0 Å². The van der Waals surface area contributed by atoms with E-state index < -0.39 is 24.3 Å². The molecular weight excluding hydrogens is 692 g/mol. The minimum atomic E-state index is -0.676. The molecule has 310 valence electrons. The van der Waals surface area contributed by atoms with Crippen LogP contribution in [-0.2, 0) is 28.5 Å². The molecule has 4 amide bonds. The zero-order valence-electron chi connectivity index (χ0n) is 34.8. The molecule has 4 N–H and O–H groups in total. The first-order valence-electron chi connectivity index (χ1n) is 20.1. The van der Waals surface area contributed by atoms with Crippen molar-refractivity contribution >= 4 is 30.2 Å². The van der Waals surface area contributed by atoms with Crippen LogP contribution in [0.3, 0.4) is 0 Å². The van der Waals surface area contributed by atoms with Gasteiger partial charge in [-0.3, -0.25) is 4.79 Å². The van der Waals surface area contributed by atoms with E-state index in [0.29, 0.717) is 31.8 Å². The first kappa shape index (κ1) is 46.6. The van der Waals surface area contributed by atoms with Gasteiger partial charge in [-0.2, -0.15) is 0 Å². The number of unbranched alkanes of at least 4 members (excludes halogenated alkanes) is 1. The highest BCUT2D eigenvalue weighted by molar-refractivity contribution is 5.81. The summed E-state index contributed by atoms with van der Waals surface area (Å²) in [5, 5.41) is 12.2. The molecule has 0 saturated heterocycles. The second-order valence-corrected chi connectivity index (χ2v) is 18.2. The van der Waals surface area contributed by atoms with Crippen LogP contribution in [0, 0.1) is 27.6 Å². The van der Waals surface area contributed by atoms with E-state index in [-0.39, 0.29) is 72.0 Å². The van der Waals surface area contributed by atoms with Crippen molar-refractivity contribution in [1.82, 2.24) is 21.3 Å². The Morgan fingerprint density at radius 1 is 0.796 bits per heavy atom. The predicted octanol–water partition coefficient (Wildman–Crippen LogP) is 7.57. The van der Waals surface area contributed by atoms with Crippen molar-refractivity contribution in [2.24, 2.45) is 27.6 Å². The lowest BCUT2D eigenvalue weighted by Gasteiger charge is -2.46. The summed E-state index contributed by atoms with van der Waals surface area (Å²) in [6.07, 6.45) is 9.21. The van der Waals surface area contributed by atoms with Crippen molar-refractivity contribution < 1.29 is 42.9 Å². The highest BCUT2D eigenvalue weighted by Gasteiger charge is 2.43. The molecule has 6 unspecified atom stereocenters. The van der Waals surface area contributed by atoms with Gasteiger partial charge in [0.25, 0.3) is 0 Å². The van der Waals surface area contributed by atoms with Gasteiger partial charge in [0.1, 0.15) is 25.9 Å². The Morgan fingerprint density at radius 3 is 2.04 bits per heavy atom. The van der Waals surface area contributed by atoms with Crippen molar-refractivity contribution in [1.29, 1.82) is 0 Å². The molecule has 0 aliphatic heterocycles. The minimum Gasteiger partial charge on any atom is -0.462 e. The fraction of sp³-hybridized carbons (Fsp3) is 0.829. The van der Waals surface area contributed by atoms with Gasteiger partial charge in [0.05, 0.1) is 0 Å². The first-order chi connectivity index (χ1) is 25.2. The number of alkyl carbamates (subject to hydrolysis) is 2. The zero-order valence-corrected chi connectivity index (χ0v) is 34.8. The molecule has 0 heterocycles. The van der Waals surface area contributed by atoms with E-state index >= 15 is 0 Å². The summed E-state index contributed by atoms with van der Waals surface area (Å²) < 4.78 is 21.0.